The summed E-state index contributed by atoms with van der Waals surface area (Å²) in [4.78, 5) is 22.9. The number of hydrogen-bond acceptors (Lipinski definition) is 3. The molecule has 1 aromatic rings. The summed E-state index contributed by atoms with van der Waals surface area (Å²) in [6, 6.07) is 3.60. The van der Waals surface area contributed by atoms with E-state index in [1.807, 2.05) is 13.0 Å². The van der Waals surface area contributed by atoms with Crippen molar-refractivity contribution in [1.82, 2.24) is 5.32 Å². The number of aliphatic carboxylic acids is 1. The van der Waals surface area contributed by atoms with Crippen LogP contribution in [0.2, 0.25) is 0 Å². The third kappa shape index (κ3) is 3.73. The van der Waals surface area contributed by atoms with E-state index in [1.54, 1.807) is 12.1 Å². The van der Waals surface area contributed by atoms with Gasteiger partial charge in [-0.05, 0) is 38.0 Å². The van der Waals surface area contributed by atoms with E-state index in [4.69, 9.17) is 9.52 Å². The summed E-state index contributed by atoms with van der Waals surface area (Å²) in [7, 11) is 0. The van der Waals surface area contributed by atoms with Crippen molar-refractivity contribution < 1.29 is 19.1 Å². The number of furan rings is 1. The van der Waals surface area contributed by atoms with Gasteiger partial charge in [0.1, 0.15) is 11.5 Å². The second-order valence-electron chi connectivity index (χ2n) is 5.33. The van der Waals surface area contributed by atoms with Crippen molar-refractivity contribution in [3.63, 3.8) is 0 Å². The van der Waals surface area contributed by atoms with Crippen LogP contribution in [0.15, 0.2) is 22.6 Å². The normalized spacial score (nSPS) is 17.4. The molecule has 1 saturated carbocycles. The lowest BCUT2D eigenvalue weighted by Crippen LogP contribution is -2.47. The standard InChI is InChI=1S/C15H19NO4/c1-11-4-5-12(20-11)6-7-13(17)16-15(10-14(18)19)8-2-3-9-15/h4-7H,2-3,8-10H2,1H3,(H,16,17)(H,18,19). The average molecular weight is 277 g/mol. The molecule has 1 aromatic heterocycles. The molecule has 0 bridgehead atoms. The van der Waals surface area contributed by atoms with Gasteiger partial charge in [0.25, 0.3) is 0 Å². The molecule has 1 heterocycles. The zero-order chi connectivity index (χ0) is 14.6. The third-order valence-electron chi connectivity index (χ3n) is 3.60. The molecule has 0 atom stereocenters. The van der Waals surface area contributed by atoms with Crippen LogP contribution in [0, 0.1) is 6.92 Å². The minimum Gasteiger partial charge on any atom is -0.481 e. The van der Waals surface area contributed by atoms with E-state index in [2.05, 4.69) is 5.32 Å². The molecule has 2 rings (SSSR count). The van der Waals surface area contributed by atoms with E-state index >= 15 is 0 Å². The van der Waals surface area contributed by atoms with Gasteiger partial charge in [-0.2, -0.15) is 0 Å². The minimum absolute atomic E-state index is 0.0214. The van der Waals surface area contributed by atoms with Crippen LogP contribution in [0.4, 0.5) is 0 Å². The summed E-state index contributed by atoms with van der Waals surface area (Å²) in [6.07, 6.45) is 6.30. The fourth-order valence-electron chi connectivity index (χ4n) is 2.69. The molecule has 5 heteroatoms. The molecule has 5 nitrogen and oxygen atoms in total. The molecular weight excluding hydrogens is 258 g/mol. The number of carbonyl (C=O) groups excluding carboxylic acids is 1. The van der Waals surface area contributed by atoms with Gasteiger partial charge >= 0.3 is 5.97 Å². The fraction of sp³-hybridized carbons (Fsp3) is 0.467. The number of carboxylic acid groups (broad SMARTS) is 1. The number of nitrogens with one attached hydrogen (secondary N) is 1. The van der Waals surface area contributed by atoms with Gasteiger partial charge < -0.3 is 14.8 Å². The van der Waals surface area contributed by atoms with Crippen LogP contribution in [0.25, 0.3) is 6.08 Å². The molecule has 1 aliphatic carbocycles. The third-order valence-corrected chi connectivity index (χ3v) is 3.60. The predicted molar refractivity (Wildman–Crippen MR) is 74.1 cm³/mol. The van der Waals surface area contributed by atoms with E-state index in [0.29, 0.717) is 5.76 Å². The SMILES string of the molecule is Cc1ccc(C=CC(=O)NC2(CC(=O)O)CCCC2)o1. The van der Waals surface area contributed by atoms with Gasteiger partial charge in [-0.25, -0.2) is 0 Å². The summed E-state index contributed by atoms with van der Waals surface area (Å²) < 4.78 is 5.33. The van der Waals surface area contributed by atoms with Gasteiger partial charge in [-0.15, -0.1) is 0 Å². The highest BCUT2D eigenvalue weighted by Gasteiger charge is 2.36. The van der Waals surface area contributed by atoms with Crippen molar-refractivity contribution in [3.05, 3.63) is 29.7 Å². The minimum atomic E-state index is -0.877. The van der Waals surface area contributed by atoms with E-state index < -0.39 is 11.5 Å². The van der Waals surface area contributed by atoms with Crippen LogP contribution in [-0.4, -0.2) is 22.5 Å². The summed E-state index contributed by atoms with van der Waals surface area (Å²) in [6.45, 7) is 1.83. The van der Waals surface area contributed by atoms with Crippen LogP contribution in [0.1, 0.15) is 43.6 Å². The van der Waals surface area contributed by atoms with Crippen molar-refractivity contribution in [2.75, 3.05) is 0 Å². The van der Waals surface area contributed by atoms with E-state index in [9.17, 15) is 9.59 Å². The first-order valence-corrected chi connectivity index (χ1v) is 6.78. The first-order valence-electron chi connectivity index (χ1n) is 6.78. The van der Waals surface area contributed by atoms with Gasteiger partial charge in [0, 0.05) is 6.08 Å². The Balaban J connectivity index is 1.98. The quantitative estimate of drug-likeness (QED) is 0.810. The average Bonchev–Trinajstić information content (AvgIpc) is 2.95. The first kappa shape index (κ1) is 14.4. The maximum atomic E-state index is 11.9. The molecule has 0 aromatic carbocycles. The highest BCUT2D eigenvalue weighted by molar-refractivity contribution is 5.92. The van der Waals surface area contributed by atoms with E-state index in [1.165, 1.54) is 6.08 Å². The molecule has 2 N–H and O–H groups in total. The molecule has 0 spiro atoms. The zero-order valence-corrected chi connectivity index (χ0v) is 11.5. The molecule has 0 radical (unpaired) electrons. The molecule has 20 heavy (non-hydrogen) atoms. The highest BCUT2D eigenvalue weighted by Crippen LogP contribution is 2.32. The maximum Gasteiger partial charge on any atom is 0.305 e. The van der Waals surface area contributed by atoms with Crippen LogP contribution in [0.5, 0.6) is 0 Å². The Morgan fingerprint density at radius 3 is 2.65 bits per heavy atom. The van der Waals surface area contributed by atoms with Gasteiger partial charge in [0.15, 0.2) is 0 Å². The number of carbonyl (C=O) groups is 2. The molecule has 0 aliphatic heterocycles. The van der Waals surface area contributed by atoms with Crippen molar-refractivity contribution in [1.29, 1.82) is 0 Å². The van der Waals surface area contributed by atoms with Crippen molar-refractivity contribution in [2.45, 2.75) is 44.6 Å². The zero-order valence-electron chi connectivity index (χ0n) is 11.5. The molecule has 0 unspecified atom stereocenters. The number of carboxylic acids is 1. The van der Waals surface area contributed by atoms with E-state index in [-0.39, 0.29) is 12.3 Å². The Kier molecular flexibility index (Phi) is 4.27. The second-order valence-corrected chi connectivity index (χ2v) is 5.33. The topological polar surface area (TPSA) is 79.5 Å². The molecule has 1 amide bonds. The highest BCUT2D eigenvalue weighted by atomic mass is 16.4. The first-order chi connectivity index (χ1) is 9.49. The van der Waals surface area contributed by atoms with Gasteiger partial charge in [0.05, 0.1) is 12.0 Å². The Labute approximate surface area is 117 Å². The number of rotatable bonds is 5. The Morgan fingerprint density at radius 2 is 2.10 bits per heavy atom. The monoisotopic (exact) mass is 277 g/mol. The van der Waals surface area contributed by atoms with Crippen LogP contribution in [0.3, 0.4) is 0 Å². The lowest BCUT2D eigenvalue weighted by atomic mass is 9.93. The summed E-state index contributed by atoms with van der Waals surface area (Å²) in [5.41, 5.74) is -0.591. The Morgan fingerprint density at radius 1 is 1.40 bits per heavy atom. The van der Waals surface area contributed by atoms with Crippen molar-refractivity contribution in [3.8, 4) is 0 Å². The summed E-state index contributed by atoms with van der Waals surface area (Å²) in [5.74, 6) is 0.236. The number of aryl methyl sites for hydroxylation is 1. The van der Waals surface area contributed by atoms with Crippen molar-refractivity contribution >= 4 is 18.0 Å². The Bertz CT molecular complexity index is 524. The molecular formula is C15H19NO4. The van der Waals surface area contributed by atoms with Crippen LogP contribution >= 0.6 is 0 Å². The second kappa shape index (κ2) is 5.94. The fourth-order valence-corrected chi connectivity index (χ4v) is 2.69. The Hall–Kier alpha value is -2.04. The summed E-state index contributed by atoms with van der Waals surface area (Å²) in [5, 5.41) is 11.8. The molecule has 1 aliphatic rings. The lowest BCUT2D eigenvalue weighted by molar-refractivity contribution is -0.139. The van der Waals surface area contributed by atoms with Crippen molar-refractivity contribution in [2.24, 2.45) is 0 Å². The number of hydrogen-bond donors (Lipinski definition) is 2. The molecule has 108 valence electrons. The molecule has 1 fully saturated rings. The predicted octanol–water partition coefficient (Wildman–Crippen LogP) is 2.50. The number of amides is 1. The largest absolute Gasteiger partial charge is 0.481 e. The van der Waals surface area contributed by atoms with E-state index in [0.717, 1.165) is 31.4 Å². The maximum absolute atomic E-state index is 11.9. The molecule has 0 saturated heterocycles. The van der Waals surface area contributed by atoms with Gasteiger partial charge in [-0.3, -0.25) is 9.59 Å². The van der Waals surface area contributed by atoms with Crippen LogP contribution < -0.4 is 5.32 Å². The lowest BCUT2D eigenvalue weighted by Gasteiger charge is -2.27. The van der Waals surface area contributed by atoms with Crippen LogP contribution in [-0.2, 0) is 9.59 Å². The van der Waals surface area contributed by atoms with Gasteiger partial charge in [-0.1, -0.05) is 12.8 Å². The smallest absolute Gasteiger partial charge is 0.305 e. The summed E-state index contributed by atoms with van der Waals surface area (Å²) >= 11 is 0. The van der Waals surface area contributed by atoms with Gasteiger partial charge in [0.2, 0.25) is 5.91 Å².